The lowest BCUT2D eigenvalue weighted by Crippen LogP contribution is -2.13. The Balaban J connectivity index is 1.49. The molecule has 0 aliphatic carbocycles. The van der Waals surface area contributed by atoms with Crippen LogP contribution in [0.3, 0.4) is 0 Å². The van der Waals surface area contributed by atoms with Crippen molar-refractivity contribution in [2.75, 3.05) is 23.0 Å². The molecule has 0 fully saturated rings. The first-order chi connectivity index (χ1) is 13.1. The van der Waals surface area contributed by atoms with Gasteiger partial charge in [-0.15, -0.1) is 21.5 Å². The molecule has 2 amide bonds. The van der Waals surface area contributed by atoms with E-state index < -0.39 is 0 Å². The second-order valence-electron chi connectivity index (χ2n) is 4.96. The summed E-state index contributed by atoms with van der Waals surface area (Å²) in [5.41, 5.74) is 0.491. The summed E-state index contributed by atoms with van der Waals surface area (Å²) >= 11 is 3.80. The van der Waals surface area contributed by atoms with E-state index in [1.54, 1.807) is 35.8 Å². The van der Waals surface area contributed by atoms with Crippen LogP contribution < -0.4 is 15.4 Å². The fraction of sp³-hybridized carbons (Fsp3) is 0.188. The third kappa shape index (κ3) is 5.74. The predicted molar refractivity (Wildman–Crippen MR) is 107 cm³/mol. The van der Waals surface area contributed by atoms with Crippen LogP contribution >= 0.6 is 34.4 Å². The maximum Gasteiger partial charge on any atom is 0.257 e. The number of nitrogens with one attached hydrogen (secondary N) is 2. The SMILES string of the molecule is CCOc1ccc(C(=O)Nc2nnc(SCC(=O)Nc3nccs3)s2)cc1. The fourth-order valence-corrected chi connectivity index (χ4v) is 4.02. The largest absolute Gasteiger partial charge is 0.494 e. The first-order valence-electron chi connectivity index (χ1n) is 7.84. The lowest BCUT2D eigenvalue weighted by molar-refractivity contribution is -0.113. The van der Waals surface area contributed by atoms with Crippen molar-refractivity contribution in [3.8, 4) is 5.75 Å². The van der Waals surface area contributed by atoms with Gasteiger partial charge in [0.1, 0.15) is 5.75 Å². The number of carbonyl (C=O) groups excluding carboxylic acids is 2. The maximum absolute atomic E-state index is 12.2. The Morgan fingerprint density at radius 1 is 1.15 bits per heavy atom. The molecule has 0 unspecified atom stereocenters. The smallest absolute Gasteiger partial charge is 0.257 e. The first kappa shape index (κ1) is 19.3. The number of thioether (sulfide) groups is 1. The standard InChI is InChI=1S/C16H15N5O3S3/c1-2-24-11-5-3-10(4-6-11)13(23)19-15-20-21-16(27-15)26-9-12(22)18-14-17-7-8-25-14/h3-8H,2,9H2,1H3,(H,17,18,22)(H,19,20,23). The number of thiazole rings is 1. The Morgan fingerprint density at radius 2 is 1.96 bits per heavy atom. The monoisotopic (exact) mass is 421 g/mol. The van der Waals surface area contributed by atoms with Crippen LogP contribution in [0.15, 0.2) is 40.2 Å². The topological polar surface area (TPSA) is 106 Å². The molecule has 2 N–H and O–H groups in total. The van der Waals surface area contributed by atoms with Gasteiger partial charge in [-0.1, -0.05) is 23.1 Å². The van der Waals surface area contributed by atoms with Crippen molar-refractivity contribution in [1.82, 2.24) is 15.2 Å². The summed E-state index contributed by atoms with van der Waals surface area (Å²) in [6, 6.07) is 6.83. The summed E-state index contributed by atoms with van der Waals surface area (Å²) < 4.78 is 5.94. The van der Waals surface area contributed by atoms with Gasteiger partial charge in [0.25, 0.3) is 5.91 Å². The lowest BCUT2D eigenvalue weighted by Gasteiger charge is -2.04. The molecule has 11 heteroatoms. The number of anilines is 2. The normalized spacial score (nSPS) is 10.4. The summed E-state index contributed by atoms with van der Waals surface area (Å²) in [7, 11) is 0. The fourth-order valence-electron chi connectivity index (χ4n) is 1.92. The van der Waals surface area contributed by atoms with Crippen molar-refractivity contribution in [3.05, 3.63) is 41.4 Å². The minimum Gasteiger partial charge on any atom is -0.494 e. The molecule has 3 rings (SSSR count). The van der Waals surface area contributed by atoms with E-state index in [0.29, 0.717) is 32.5 Å². The third-order valence-corrected chi connectivity index (χ3v) is 5.72. The van der Waals surface area contributed by atoms with Gasteiger partial charge < -0.3 is 10.1 Å². The second-order valence-corrected chi connectivity index (χ2v) is 8.05. The molecular weight excluding hydrogens is 406 g/mol. The van der Waals surface area contributed by atoms with Gasteiger partial charge in [-0.25, -0.2) is 4.98 Å². The quantitative estimate of drug-likeness (QED) is 0.424. The van der Waals surface area contributed by atoms with Crippen LogP contribution in [-0.2, 0) is 4.79 Å². The molecule has 0 radical (unpaired) electrons. The number of aromatic nitrogens is 3. The second kappa shape index (κ2) is 9.44. The highest BCUT2D eigenvalue weighted by atomic mass is 32.2. The molecule has 0 bridgehead atoms. The minimum absolute atomic E-state index is 0.176. The molecule has 0 saturated heterocycles. The Labute approximate surface area is 167 Å². The Hall–Kier alpha value is -2.50. The van der Waals surface area contributed by atoms with Crippen LogP contribution in [0.5, 0.6) is 5.75 Å². The molecule has 27 heavy (non-hydrogen) atoms. The molecule has 0 aliphatic rings. The molecule has 1 aromatic carbocycles. The van der Waals surface area contributed by atoms with Crippen molar-refractivity contribution in [2.24, 2.45) is 0 Å². The molecule has 2 aromatic heterocycles. The number of amides is 2. The molecule has 3 aromatic rings. The Bertz CT molecular complexity index is 896. The van der Waals surface area contributed by atoms with E-state index in [2.05, 4.69) is 25.8 Å². The van der Waals surface area contributed by atoms with Gasteiger partial charge in [-0.2, -0.15) is 0 Å². The molecule has 0 spiro atoms. The molecule has 8 nitrogen and oxygen atoms in total. The number of rotatable bonds is 8. The number of nitrogens with zero attached hydrogens (tertiary/aromatic N) is 3. The Morgan fingerprint density at radius 3 is 2.67 bits per heavy atom. The van der Waals surface area contributed by atoms with Crippen molar-refractivity contribution < 1.29 is 14.3 Å². The number of carbonyl (C=O) groups is 2. The zero-order valence-electron chi connectivity index (χ0n) is 14.2. The van der Waals surface area contributed by atoms with Crippen molar-refractivity contribution in [3.63, 3.8) is 0 Å². The third-order valence-electron chi connectivity index (χ3n) is 3.06. The lowest BCUT2D eigenvalue weighted by atomic mass is 10.2. The predicted octanol–water partition coefficient (Wildman–Crippen LogP) is 3.38. The number of benzene rings is 1. The summed E-state index contributed by atoms with van der Waals surface area (Å²) in [5, 5.41) is 16.0. The van der Waals surface area contributed by atoms with Gasteiger partial charge in [0, 0.05) is 17.1 Å². The first-order valence-corrected chi connectivity index (χ1v) is 10.5. The van der Waals surface area contributed by atoms with Crippen LogP contribution in [0.4, 0.5) is 10.3 Å². The summed E-state index contributed by atoms with van der Waals surface area (Å²) in [5.74, 6) is 0.429. The van der Waals surface area contributed by atoms with Crippen LogP contribution in [-0.4, -0.2) is 39.4 Å². The van der Waals surface area contributed by atoms with E-state index >= 15 is 0 Å². The molecule has 140 valence electrons. The average Bonchev–Trinajstić information content (AvgIpc) is 3.33. The van der Waals surface area contributed by atoms with E-state index in [9.17, 15) is 9.59 Å². The average molecular weight is 422 g/mol. The van der Waals surface area contributed by atoms with Gasteiger partial charge in [0.05, 0.1) is 12.4 Å². The highest BCUT2D eigenvalue weighted by molar-refractivity contribution is 8.01. The molecule has 0 aliphatic heterocycles. The van der Waals surface area contributed by atoms with E-state index in [4.69, 9.17) is 4.74 Å². The maximum atomic E-state index is 12.2. The van der Waals surface area contributed by atoms with Crippen LogP contribution in [0.1, 0.15) is 17.3 Å². The van der Waals surface area contributed by atoms with Gasteiger partial charge in [0.2, 0.25) is 11.0 Å². The highest BCUT2D eigenvalue weighted by Gasteiger charge is 2.12. The van der Waals surface area contributed by atoms with Gasteiger partial charge >= 0.3 is 0 Å². The van der Waals surface area contributed by atoms with E-state index in [-0.39, 0.29) is 17.6 Å². The number of ether oxygens (including phenoxy) is 1. The van der Waals surface area contributed by atoms with Gasteiger partial charge in [0.15, 0.2) is 9.47 Å². The van der Waals surface area contributed by atoms with E-state index in [1.165, 1.54) is 34.4 Å². The summed E-state index contributed by atoms with van der Waals surface area (Å²) in [6.07, 6.45) is 1.62. The van der Waals surface area contributed by atoms with Crippen molar-refractivity contribution in [1.29, 1.82) is 0 Å². The summed E-state index contributed by atoms with van der Waals surface area (Å²) in [4.78, 5) is 28.1. The zero-order chi connectivity index (χ0) is 19.1. The molecule has 0 atom stereocenters. The zero-order valence-corrected chi connectivity index (χ0v) is 16.6. The molecule has 2 heterocycles. The highest BCUT2D eigenvalue weighted by Crippen LogP contribution is 2.26. The van der Waals surface area contributed by atoms with Gasteiger partial charge in [-0.05, 0) is 31.2 Å². The Kier molecular flexibility index (Phi) is 6.74. The number of hydrogen-bond donors (Lipinski definition) is 2. The van der Waals surface area contributed by atoms with E-state index in [1.807, 2.05) is 6.92 Å². The minimum atomic E-state index is -0.285. The van der Waals surface area contributed by atoms with Crippen molar-refractivity contribution in [2.45, 2.75) is 11.3 Å². The van der Waals surface area contributed by atoms with Crippen LogP contribution in [0.25, 0.3) is 0 Å². The van der Waals surface area contributed by atoms with Crippen LogP contribution in [0.2, 0.25) is 0 Å². The summed E-state index contributed by atoms with van der Waals surface area (Å²) in [6.45, 7) is 2.47. The molecular formula is C16H15N5O3S3. The molecule has 0 saturated carbocycles. The van der Waals surface area contributed by atoms with Crippen molar-refractivity contribution >= 4 is 56.5 Å². The van der Waals surface area contributed by atoms with Crippen LogP contribution in [0, 0.1) is 0 Å². The number of hydrogen-bond acceptors (Lipinski definition) is 9. The van der Waals surface area contributed by atoms with Gasteiger partial charge in [-0.3, -0.25) is 14.9 Å². The van der Waals surface area contributed by atoms with E-state index in [0.717, 1.165) is 0 Å².